The van der Waals surface area contributed by atoms with Crippen molar-refractivity contribution in [2.45, 2.75) is 50.3 Å². The number of amides is 1. The summed E-state index contributed by atoms with van der Waals surface area (Å²) in [7, 11) is -4.29. The van der Waals surface area contributed by atoms with Crippen molar-refractivity contribution in [3.63, 3.8) is 0 Å². The lowest BCUT2D eigenvalue weighted by atomic mass is 9.89. The van der Waals surface area contributed by atoms with Crippen LogP contribution in [0.25, 0.3) is 0 Å². The van der Waals surface area contributed by atoms with E-state index in [4.69, 9.17) is 8.92 Å². The number of ether oxygens (including phenoxy) is 1. The number of carbonyl (C=O) groups excluding carboxylic acids is 2. The third-order valence-electron chi connectivity index (χ3n) is 5.64. The number of nitrogens with zero attached hydrogens (tertiary/aromatic N) is 1. The van der Waals surface area contributed by atoms with Crippen molar-refractivity contribution in [2.75, 3.05) is 19.7 Å². The van der Waals surface area contributed by atoms with Gasteiger partial charge in [-0.2, -0.15) is 8.42 Å². The molecule has 0 aromatic heterocycles. The van der Waals surface area contributed by atoms with Gasteiger partial charge in [-0.15, -0.1) is 5.92 Å². The maximum Gasteiger partial charge on any atom is 0.341 e. The highest BCUT2D eigenvalue weighted by atomic mass is 32.2. The van der Waals surface area contributed by atoms with E-state index in [2.05, 4.69) is 11.8 Å². The second kappa shape index (κ2) is 11.7. The predicted molar refractivity (Wildman–Crippen MR) is 128 cm³/mol. The van der Waals surface area contributed by atoms with E-state index < -0.39 is 16.1 Å². The van der Waals surface area contributed by atoms with Gasteiger partial charge in [0.25, 0.3) is 5.91 Å². The molecule has 7 nitrogen and oxygen atoms in total. The molecule has 1 aliphatic heterocycles. The van der Waals surface area contributed by atoms with Crippen molar-refractivity contribution < 1.29 is 26.9 Å². The van der Waals surface area contributed by atoms with E-state index in [1.807, 2.05) is 18.2 Å². The van der Waals surface area contributed by atoms with Crippen LogP contribution in [0.5, 0.6) is 5.75 Å². The molecular weight excluding hydrogens is 454 g/mol. The Morgan fingerprint density at radius 3 is 2.44 bits per heavy atom. The van der Waals surface area contributed by atoms with Crippen molar-refractivity contribution in [3.8, 4) is 17.6 Å². The molecule has 3 rings (SSSR count). The summed E-state index contributed by atoms with van der Waals surface area (Å²) in [5.41, 5.74) is 1.15. The summed E-state index contributed by atoms with van der Waals surface area (Å²) in [6, 6.07) is 13.7. The maximum absolute atomic E-state index is 12.9. The Morgan fingerprint density at radius 2 is 1.79 bits per heavy atom. The Kier molecular flexibility index (Phi) is 8.72. The third-order valence-corrected chi connectivity index (χ3v) is 6.95. The van der Waals surface area contributed by atoms with Gasteiger partial charge in [-0.3, -0.25) is 9.59 Å². The number of piperidine rings is 1. The Hall–Kier alpha value is -3.31. The van der Waals surface area contributed by atoms with Crippen LogP contribution in [0.2, 0.25) is 0 Å². The van der Waals surface area contributed by atoms with E-state index in [0.29, 0.717) is 49.2 Å². The van der Waals surface area contributed by atoms with Gasteiger partial charge in [-0.25, -0.2) is 0 Å². The zero-order valence-electron chi connectivity index (χ0n) is 19.5. The fourth-order valence-corrected chi connectivity index (χ4v) is 5.09. The van der Waals surface area contributed by atoms with Gasteiger partial charge in [-0.05, 0) is 68.0 Å². The van der Waals surface area contributed by atoms with E-state index in [9.17, 15) is 18.0 Å². The second-order valence-corrected chi connectivity index (χ2v) is 9.52. The van der Waals surface area contributed by atoms with Crippen LogP contribution in [0.1, 0.15) is 61.4 Å². The summed E-state index contributed by atoms with van der Waals surface area (Å²) in [4.78, 5) is 26.5. The predicted octanol–water partition coefficient (Wildman–Crippen LogP) is 4.14. The van der Waals surface area contributed by atoms with Crippen LogP contribution in [0.4, 0.5) is 0 Å². The summed E-state index contributed by atoms with van der Waals surface area (Å²) in [5.74, 6) is 5.07. The van der Waals surface area contributed by atoms with Crippen LogP contribution < -0.4 is 4.74 Å². The lowest BCUT2D eigenvalue weighted by molar-refractivity contribution is -0.133. The summed E-state index contributed by atoms with van der Waals surface area (Å²) >= 11 is 0. The molecule has 34 heavy (non-hydrogen) atoms. The van der Waals surface area contributed by atoms with Gasteiger partial charge >= 0.3 is 16.1 Å². The molecule has 0 atom stereocenters. The first-order chi connectivity index (χ1) is 16.4. The van der Waals surface area contributed by atoms with E-state index in [1.54, 1.807) is 36.9 Å². The zero-order chi connectivity index (χ0) is 24.6. The lowest BCUT2D eigenvalue weighted by Crippen LogP contribution is -2.38. The van der Waals surface area contributed by atoms with Crippen molar-refractivity contribution in [2.24, 2.45) is 0 Å². The van der Waals surface area contributed by atoms with Gasteiger partial charge in [0.15, 0.2) is 0 Å². The minimum atomic E-state index is -4.29. The molecule has 0 aliphatic carbocycles. The number of hydrogen-bond donors (Lipinski definition) is 0. The summed E-state index contributed by atoms with van der Waals surface area (Å²) in [5, 5.41) is 0. The normalized spacial score (nSPS) is 14.1. The summed E-state index contributed by atoms with van der Waals surface area (Å²) in [6.07, 6.45) is 1.65. The molecule has 0 N–H and O–H groups in total. The SMILES string of the molecule is CC#CCOc1ccc(S(=O)(=O)OC(=O)CCC)c(C2CCN(C(=O)c3ccccc3)CC2)c1. The quantitative estimate of drug-likeness (QED) is 0.414. The average molecular weight is 484 g/mol. The van der Waals surface area contributed by atoms with E-state index in [1.165, 1.54) is 12.1 Å². The van der Waals surface area contributed by atoms with Crippen LogP contribution in [-0.2, 0) is 19.1 Å². The molecule has 180 valence electrons. The monoisotopic (exact) mass is 483 g/mol. The van der Waals surface area contributed by atoms with Gasteiger partial charge in [-0.1, -0.05) is 31.0 Å². The number of likely N-dealkylation sites (tertiary alicyclic amines) is 1. The van der Waals surface area contributed by atoms with E-state index in [0.717, 1.165) is 0 Å². The molecule has 8 heteroatoms. The molecule has 0 bridgehead atoms. The number of benzene rings is 2. The summed E-state index contributed by atoms with van der Waals surface area (Å²) in [6.45, 7) is 4.63. The van der Waals surface area contributed by atoms with Crippen LogP contribution in [-0.4, -0.2) is 44.9 Å². The molecule has 1 heterocycles. The van der Waals surface area contributed by atoms with Gasteiger partial charge in [0.1, 0.15) is 17.3 Å². The number of hydrogen-bond acceptors (Lipinski definition) is 6. The summed E-state index contributed by atoms with van der Waals surface area (Å²) < 4.78 is 36.4. The molecule has 1 fully saturated rings. The fraction of sp³-hybridized carbons (Fsp3) is 0.385. The molecule has 2 aromatic carbocycles. The number of carbonyl (C=O) groups is 2. The standard InChI is InChI=1S/C26H29NO6S/c1-3-5-18-32-22-12-13-24(34(30,31)33-25(28)9-4-2)23(19-22)20-14-16-27(17-15-20)26(29)21-10-7-6-8-11-21/h6-8,10-13,19-20H,4,9,14-18H2,1-2H3. The molecule has 2 aromatic rings. The van der Waals surface area contributed by atoms with Crippen LogP contribution in [0.15, 0.2) is 53.4 Å². The first kappa shape index (κ1) is 25.3. The molecule has 1 aliphatic rings. The van der Waals surface area contributed by atoms with Crippen LogP contribution in [0.3, 0.4) is 0 Å². The van der Waals surface area contributed by atoms with Crippen molar-refractivity contribution in [1.29, 1.82) is 0 Å². The Morgan fingerprint density at radius 1 is 1.09 bits per heavy atom. The van der Waals surface area contributed by atoms with Crippen LogP contribution in [0, 0.1) is 11.8 Å². The maximum atomic E-state index is 12.9. The van der Waals surface area contributed by atoms with Crippen molar-refractivity contribution >= 4 is 22.0 Å². The minimum Gasteiger partial charge on any atom is -0.481 e. The lowest BCUT2D eigenvalue weighted by Gasteiger charge is -2.33. The van der Waals surface area contributed by atoms with Gasteiger partial charge in [0.2, 0.25) is 0 Å². The number of rotatable bonds is 8. The zero-order valence-corrected chi connectivity index (χ0v) is 20.3. The van der Waals surface area contributed by atoms with Crippen LogP contribution >= 0.6 is 0 Å². The Bertz CT molecular complexity index is 1170. The van der Waals surface area contributed by atoms with Gasteiger partial charge in [0.05, 0.1) is 0 Å². The molecule has 0 unspecified atom stereocenters. The molecule has 1 saturated heterocycles. The van der Waals surface area contributed by atoms with E-state index in [-0.39, 0.29) is 29.7 Å². The highest BCUT2D eigenvalue weighted by Crippen LogP contribution is 2.36. The third kappa shape index (κ3) is 6.39. The highest BCUT2D eigenvalue weighted by Gasteiger charge is 2.31. The topological polar surface area (TPSA) is 90.0 Å². The Balaban J connectivity index is 1.84. The largest absolute Gasteiger partial charge is 0.481 e. The van der Waals surface area contributed by atoms with Crippen molar-refractivity contribution in [3.05, 3.63) is 59.7 Å². The first-order valence-electron chi connectivity index (χ1n) is 11.3. The molecule has 0 saturated carbocycles. The molecule has 1 amide bonds. The molecule has 0 spiro atoms. The van der Waals surface area contributed by atoms with Crippen molar-refractivity contribution in [1.82, 2.24) is 4.90 Å². The Labute approximate surface area is 201 Å². The van der Waals surface area contributed by atoms with Gasteiger partial charge < -0.3 is 13.8 Å². The fourth-order valence-electron chi connectivity index (χ4n) is 3.92. The second-order valence-electron chi connectivity index (χ2n) is 8.01. The first-order valence-corrected chi connectivity index (χ1v) is 12.7. The van der Waals surface area contributed by atoms with Gasteiger partial charge in [0, 0.05) is 25.1 Å². The molecular formula is C26H29NO6S. The van der Waals surface area contributed by atoms with E-state index >= 15 is 0 Å². The minimum absolute atomic E-state index is 0.0193. The average Bonchev–Trinajstić information content (AvgIpc) is 2.84. The molecule has 0 radical (unpaired) electrons. The highest BCUT2D eigenvalue weighted by molar-refractivity contribution is 7.87. The smallest absolute Gasteiger partial charge is 0.341 e.